The van der Waals surface area contributed by atoms with Gasteiger partial charge in [0.05, 0.1) is 5.69 Å². The van der Waals surface area contributed by atoms with Gasteiger partial charge in [-0.1, -0.05) is 82.7 Å². The standard InChI is InChI=1S/C42H45NS4/c1-4-6-8-10-12-34-19-22-39(44-34)41-26-24-37(46-41)32-16-14-31(15-17-32)29-43-33-18-21-36(30(3)28-33)38-25-27-42(47-38)40-23-20-35(45-40)13-11-9-7-5-2/h14-29H,4-13H2,1-3H3. The van der Waals surface area contributed by atoms with E-state index in [4.69, 9.17) is 4.99 Å². The lowest BCUT2D eigenvalue weighted by Crippen LogP contribution is -1.82. The van der Waals surface area contributed by atoms with Crippen LogP contribution in [-0.2, 0) is 12.8 Å². The zero-order chi connectivity index (χ0) is 32.4. The van der Waals surface area contributed by atoms with Crippen LogP contribution in [0.1, 0.15) is 86.1 Å². The van der Waals surface area contributed by atoms with E-state index in [0.717, 1.165) is 11.3 Å². The maximum Gasteiger partial charge on any atom is 0.0632 e. The highest BCUT2D eigenvalue weighted by atomic mass is 32.1. The van der Waals surface area contributed by atoms with E-state index in [1.54, 1.807) is 0 Å². The maximum atomic E-state index is 4.83. The van der Waals surface area contributed by atoms with Gasteiger partial charge >= 0.3 is 0 Å². The monoisotopic (exact) mass is 691 g/mol. The van der Waals surface area contributed by atoms with Crippen LogP contribution in [0.25, 0.3) is 40.4 Å². The predicted octanol–water partition coefficient (Wildman–Crippen LogP) is 14.9. The first-order valence-electron chi connectivity index (χ1n) is 17.2. The maximum absolute atomic E-state index is 4.83. The van der Waals surface area contributed by atoms with Crippen molar-refractivity contribution >= 4 is 57.2 Å². The Kier molecular flexibility index (Phi) is 12.1. The summed E-state index contributed by atoms with van der Waals surface area (Å²) in [4.78, 5) is 16.0. The van der Waals surface area contributed by atoms with E-state index >= 15 is 0 Å². The summed E-state index contributed by atoms with van der Waals surface area (Å²) in [6, 6.07) is 33.7. The summed E-state index contributed by atoms with van der Waals surface area (Å²) in [5, 5.41) is 0. The molecule has 0 aliphatic heterocycles. The Morgan fingerprint density at radius 1 is 0.511 bits per heavy atom. The fourth-order valence-electron chi connectivity index (χ4n) is 5.87. The van der Waals surface area contributed by atoms with Crippen molar-refractivity contribution in [3.05, 3.63) is 112 Å². The van der Waals surface area contributed by atoms with Crippen molar-refractivity contribution < 1.29 is 0 Å². The van der Waals surface area contributed by atoms with Crippen molar-refractivity contribution in [2.24, 2.45) is 4.99 Å². The van der Waals surface area contributed by atoms with Gasteiger partial charge in [0, 0.05) is 45.2 Å². The molecule has 0 aliphatic carbocycles. The van der Waals surface area contributed by atoms with Crippen LogP contribution < -0.4 is 0 Å². The molecule has 6 rings (SSSR count). The lowest BCUT2D eigenvalue weighted by atomic mass is 10.1. The predicted molar refractivity (Wildman–Crippen MR) is 214 cm³/mol. The Hall–Kier alpha value is -3.09. The zero-order valence-corrected chi connectivity index (χ0v) is 31.2. The largest absolute Gasteiger partial charge is 0.256 e. The normalized spacial score (nSPS) is 11.6. The van der Waals surface area contributed by atoms with Crippen LogP contribution in [0.3, 0.4) is 0 Å². The number of thiophene rings is 4. The molecule has 0 atom stereocenters. The first kappa shape index (κ1) is 33.8. The molecule has 0 fully saturated rings. The SMILES string of the molecule is CCCCCCc1ccc(-c2ccc(-c3ccc(C=Nc4ccc(-c5ccc(-c6ccc(CCCCCC)s6)s5)c(C)c4)cc3)s2)s1. The fourth-order valence-corrected chi connectivity index (χ4v) is 10.3. The van der Waals surface area contributed by atoms with Crippen LogP contribution in [0.15, 0.2) is 96.0 Å². The molecule has 2 aromatic carbocycles. The number of rotatable bonds is 16. The van der Waals surface area contributed by atoms with Crippen molar-refractivity contribution in [2.45, 2.75) is 85.0 Å². The molecule has 4 aromatic heterocycles. The van der Waals surface area contributed by atoms with Crippen LogP contribution in [0, 0.1) is 6.92 Å². The Bertz CT molecular complexity index is 1880. The highest BCUT2D eigenvalue weighted by molar-refractivity contribution is 7.24. The number of aliphatic imine (C=N–C) groups is 1. The Morgan fingerprint density at radius 2 is 1.04 bits per heavy atom. The smallest absolute Gasteiger partial charge is 0.0632 e. The summed E-state index contributed by atoms with van der Waals surface area (Å²) in [7, 11) is 0. The first-order chi connectivity index (χ1) is 23.1. The van der Waals surface area contributed by atoms with E-state index in [-0.39, 0.29) is 0 Å². The molecule has 0 saturated heterocycles. The molecule has 0 aliphatic rings. The third kappa shape index (κ3) is 9.08. The average molecular weight is 692 g/mol. The molecule has 0 bridgehead atoms. The van der Waals surface area contributed by atoms with Crippen LogP contribution in [0.2, 0.25) is 0 Å². The number of aryl methyl sites for hydroxylation is 3. The van der Waals surface area contributed by atoms with E-state index in [1.165, 1.54) is 120 Å². The molecule has 0 saturated carbocycles. The number of nitrogens with zero attached hydrogens (tertiary/aromatic N) is 1. The summed E-state index contributed by atoms with van der Waals surface area (Å²) < 4.78 is 0. The van der Waals surface area contributed by atoms with Crippen molar-refractivity contribution in [3.8, 4) is 40.4 Å². The lowest BCUT2D eigenvalue weighted by Gasteiger charge is -2.05. The summed E-state index contributed by atoms with van der Waals surface area (Å²) >= 11 is 7.69. The van der Waals surface area contributed by atoms with E-state index in [2.05, 4.69) is 112 Å². The molecule has 1 nitrogen and oxygen atoms in total. The second-order valence-electron chi connectivity index (χ2n) is 12.4. The molecule has 4 heterocycles. The summed E-state index contributed by atoms with van der Waals surface area (Å²) in [5.41, 5.74) is 5.91. The van der Waals surface area contributed by atoms with Gasteiger partial charge in [-0.25, -0.2) is 0 Å². The summed E-state index contributed by atoms with van der Waals surface area (Å²) in [6.07, 6.45) is 15.0. The third-order valence-corrected chi connectivity index (χ3v) is 13.5. The molecule has 0 spiro atoms. The van der Waals surface area contributed by atoms with E-state index < -0.39 is 0 Å². The molecule has 0 unspecified atom stereocenters. The quantitative estimate of drug-likeness (QED) is 0.0708. The van der Waals surface area contributed by atoms with Crippen molar-refractivity contribution in [1.29, 1.82) is 0 Å². The second kappa shape index (κ2) is 16.8. The minimum Gasteiger partial charge on any atom is -0.256 e. The van der Waals surface area contributed by atoms with Gasteiger partial charge in [0.15, 0.2) is 0 Å². The summed E-state index contributed by atoms with van der Waals surface area (Å²) in [6.45, 7) is 6.75. The molecular weight excluding hydrogens is 647 g/mol. The molecule has 242 valence electrons. The Labute approximate surface area is 297 Å². The number of benzene rings is 2. The molecule has 47 heavy (non-hydrogen) atoms. The van der Waals surface area contributed by atoms with Gasteiger partial charge in [-0.2, -0.15) is 0 Å². The highest BCUT2D eigenvalue weighted by Gasteiger charge is 2.11. The minimum absolute atomic E-state index is 0.988. The Morgan fingerprint density at radius 3 is 1.64 bits per heavy atom. The van der Waals surface area contributed by atoms with Gasteiger partial charge in [0.2, 0.25) is 0 Å². The van der Waals surface area contributed by atoms with Gasteiger partial charge in [0.1, 0.15) is 0 Å². The van der Waals surface area contributed by atoms with Gasteiger partial charge < -0.3 is 0 Å². The molecule has 0 amide bonds. The van der Waals surface area contributed by atoms with E-state index in [1.807, 2.05) is 51.6 Å². The lowest BCUT2D eigenvalue weighted by molar-refractivity contribution is 0.670. The first-order valence-corrected chi connectivity index (χ1v) is 20.5. The van der Waals surface area contributed by atoms with Crippen molar-refractivity contribution in [1.82, 2.24) is 0 Å². The van der Waals surface area contributed by atoms with Crippen LogP contribution in [-0.4, -0.2) is 6.21 Å². The van der Waals surface area contributed by atoms with Crippen LogP contribution in [0.4, 0.5) is 5.69 Å². The van der Waals surface area contributed by atoms with Gasteiger partial charge in [0.25, 0.3) is 0 Å². The van der Waals surface area contributed by atoms with Crippen molar-refractivity contribution in [2.75, 3.05) is 0 Å². The topological polar surface area (TPSA) is 12.4 Å². The molecule has 6 aromatic rings. The molecule has 5 heteroatoms. The fraction of sp³-hybridized carbons (Fsp3) is 0.310. The second-order valence-corrected chi connectivity index (χ2v) is 16.9. The van der Waals surface area contributed by atoms with Gasteiger partial charge in [-0.15, -0.1) is 45.3 Å². The van der Waals surface area contributed by atoms with Gasteiger partial charge in [-0.05, 0) is 116 Å². The van der Waals surface area contributed by atoms with E-state index in [9.17, 15) is 0 Å². The molecular formula is C42H45NS4. The van der Waals surface area contributed by atoms with E-state index in [0.29, 0.717) is 0 Å². The summed E-state index contributed by atoms with van der Waals surface area (Å²) in [5.74, 6) is 0. The van der Waals surface area contributed by atoms with Crippen molar-refractivity contribution in [3.63, 3.8) is 0 Å². The average Bonchev–Trinajstić information content (AvgIpc) is 3.92. The van der Waals surface area contributed by atoms with Crippen LogP contribution >= 0.6 is 45.3 Å². The number of hydrogen-bond donors (Lipinski definition) is 0. The molecule has 0 N–H and O–H groups in total. The zero-order valence-electron chi connectivity index (χ0n) is 27.9. The number of unbranched alkanes of at least 4 members (excludes halogenated alkanes) is 6. The minimum atomic E-state index is 0.988. The Balaban J connectivity index is 1.05. The highest BCUT2D eigenvalue weighted by Crippen LogP contribution is 2.40. The van der Waals surface area contributed by atoms with Gasteiger partial charge in [-0.3, -0.25) is 4.99 Å². The molecule has 0 radical (unpaired) electrons. The third-order valence-electron chi connectivity index (χ3n) is 8.61. The number of hydrogen-bond acceptors (Lipinski definition) is 5. The van der Waals surface area contributed by atoms with Crippen LogP contribution in [0.5, 0.6) is 0 Å².